The average Bonchev–Trinajstić information content (AvgIpc) is 2.35. The predicted molar refractivity (Wildman–Crippen MR) is 68.5 cm³/mol. The molecule has 0 aliphatic rings. The van der Waals surface area contributed by atoms with Crippen LogP contribution in [0.4, 0.5) is 0 Å². The van der Waals surface area contributed by atoms with Crippen molar-refractivity contribution in [2.24, 2.45) is 0 Å². The molecule has 0 fully saturated rings. The summed E-state index contributed by atoms with van der Waals surface area (Å²) in [6.07, 6.45) is 0.388. The molecule has 1 unspecified atom stereocenters. The molecule has 96 valence electrons. The number of aliphatic hydroxyl groups excluding tert-OH is 2. The minimum Gasteiger partial charge on any atom is -0.495 e. The Labute approximate surface area is 109 Å². The topological polar surface area (TPSA) is 58.9 Å². The minimum absolute atomic E-state index is 0.0662. The third-order valence-corrected chi connectivity index (χ3v) is 3.26. The highest BCUT2D eigenvalue weighted by atomic mass is 79.9. The molecule has 1 rings (SSSR count). The highest BCUT2D eigenvalue weighted by molar-refractivity contribution is 9.10. The summed E-state index contributed by atoms with van der Waals surface area (Å²) in [4.78, 5) is 0. The monoisotopic (exact) mass is 304 g/mol. The van der Waals surface area contributed by atoms with Gasteiger partial charge in [0, 0.05) is 12.2 Å². The molecule has 1 aromatic rings. The first-order valence-corrected chi connectivity index (χ1v) is 6.14. The summed E-state index contributed by atoms with van der Waals surface area (Å²) < 4.78 is 11.1. The van der Waals surface area contributed by atoms with E-state index in [1.807, 2.05) is 0 Å². The summed E-state index contributed by atoms with van der Waals surface area (Å²) in [6.45, 7) is 0.0662. The third kappa shape index (κ3) is 3.34. The molecule has 0 heterocycles. The zero-order chi connectivity index (χ0) is 12.8. The molecule has 1 aromatic carbocycles. The summed E-state index contributed by atoms with van der Waals surface area (Å²) in [5.41, 5.74) is 0.689. The molecule has 4 nitrogen and oxygen atoms in total. The van der Waals surface area contributed by atoms with E-state index in [0.29, 0.717) is 34.4 Å². The standard InChI is InChI=1S/C12H17BrO4/c1-16-10-6-5-8(9(15)4-3-7-14)12(17-2)11(10)13/h5-6,9,14-15H,3-4,7H2,1-2H3. The van der Waals surface area contributed by atoms with Crippen LogP contribution in [-0.4, -0.2) is 31.0 Å². The Kier molecular flexibility index (Phi) is 5.74. The molecule has 0 amide bonds. The minimum atomic E-state index is -0.653. The molecule has 0 aromatic heterocycles. The van der Waals surface area contributed by atoms with Gasteiger partial charge in [0.2, 0.25) is 0 Å². The van der Waals surface area contributed by atoms with Crippen molar-refractivity contribution in [1.29, 1.82) is 0 Å². The van der Waals surface area contributed by atoms with Crippen LogP contribution in [0.15, 0.2) is 16.6 Å². The molecular formula is C12H17BrO4. The first kappa shape index (κ1) is 14.3. The lowest BCUT2D eigenvalue weighted by atomic mass is 10.0. The SMILES string of the molecule is COc1ccc(C(O)CCCO)c(OC)c1Br. The fourth-order valence-electron chi connectivity index (χ4n) is 1.62. The lowest BCUT2D eigenvalue weighted by molar-refractivity contribution is 0.148. The Morgan fingerprint density at radius 3 is 2.53 bits per heavy atom. The number of rotatable bonds is 6. The predicted octanol–water partition coefficient (Wildman–Crippen LogP) is 2.27. The number of hydrogen-bond acceptors (Lipinski definition) is 4. The maximum Gasteiger partial charge on any atom is 0.142 e. The number of ether oxygens (including phenoxy) is 2. The number of benzene rings is 1. The van der Waals surface area contributed by atoms with Gasteiger partial charge in [0.05, 0.1) is 20.3 Å². The van der Waals surface area contributed by atoms with Gasteiger partial charge >= 0.3 is 0 Å². The van der Waals surface area contributed by atoms with Gasteiger partial charge in [-0.2, -0.15) is 0 Å². The van der Waals surface area contributed by atoms with Gasteiger partial charge in [-0.1, -0.05) is 0 Å². The number of halogens is 1. The van der Waals surface area contributed by atoms with E-state index >= 15 is 0 Å². The van der Waals surface area contributed by atoms with E-state index < -0.39 is 6.10 Å². The Morgan fingerprint density at radius 2 is 2.00 bits per heavy atom. The van der Waals surface area contributed by atoms with Crippen LogP contribution >= 0.6 is 15.9 Å². The van der Waals surface area contributed by atoms with Crippen LogP contribution in [0.1, 0.15) is 24.5 Å². The Bertz CT molecular complexity index is 368. The second-order valence-corrected chi connectivity index (χ2v) is 4.38. The Hall–Kier alpha value is -0.780. The molecule has 0 saturated heterocycles. The fraction of sp³-hybridized carbons (Fsp3) is 0.500. The zero-order valence-corrected chi connectivity index (χ0v) is 11.5. The smallest absolute Gasteiger partial charge is 0.142 e. The Morgan fingerprint density at radius 1 is 1.29 bits per heavy atom. The average molecular weight is 305 g/mol. The van der Waals surface area contributed by atoms with E-state index in [1.54, 1.807) is 26.4 Å². The summed E-state index contributed by atoms with van der Waals surface area (Å²) >= 11 is 3.38. The molecule has 5 heteroatoms. The molecule has 0 aliphatic heterocycles. The number of methoxy groups -OCH3 is 2. The molecular weight excluding hydrogens is 288 g/mol. The van der Waals surface area contributed by atoms with Crippen molar-refractivity contribution in [3.8, 4) is 11.5 Å². The van der Waals surface area contributed by atoms with Gasteiger partial charge in [-0.05, 0) is 40.9 Å². The normalized spacial score (nSPS) is 12.3. The van der Waals surface area contributed by atoms with Gasteiger partial charge < -0.3 is 19.7 Å². The van der Waals surface area contributed by atoms with Crippen molar-refractivity contribution in [1.82, 2.24) is 0 Å². The second-order valence-electron chi connectivity index (χ2n) is 3.59. The van der Waals surface area contributed by atoms with Gasteiger partial charge in [0.25, 0.3) is 0 Å². The van der Waals surface area contributed by atoms with Crippen molar-refractivity contribution < 1.29 is 19.7 Å². The van der Waals surface area contributed by atoms with Crippen LogP contribution in [0.2, 0.25) is 0 Å². The number of hydrogen-bond donors (Lipinski definition) is 2. The fourth-order valence-corrected chi connectivity index (χ4v) is 2.31. The van der Waals surface area contributed by atoms with Crippen LogP contribution < -0.4 is 9.47 Å². The van der Waals surface area contributed by atoms with Crippen LogP contribution in [-0.2, 0) is 0 Å². The first-order valence-electron chi connectivity index (χ1n) is 5.35. The van der Waals surface area contributed by atoms with E-state index in [0.717, 1.165) is 0 Å². The van der Waals surface area contributed by atoms with Crippen LogP contribution in [0.5, 0.6) is 11.5 Å². The molecule has 2 N–H and O–H groups in total. The van der Waals surface area contributed by atoms with Crippen LogP contribution in [0, 0.1) is 0 Å². The number of aliphatic hydroxyl groups is 2. The summed E-state index contributed by atoms with van der Waals surface area (Å²) in [5, 5.41) is 18.8. The van der Waals surface area contributed by atoms with Crippen molar-refractivity contribution >= 4 is 15.9 Å². The zero-order valence-electron chi connectivity index (χ0n) is 9.94. The van der Waals surface area contributed by atoms with Gasteiger partial charge in [-0.25, -0.2) is 0 Å². The van der Waals surface area contributed by atoms with Crippen molar-refractivity contribution in [3.63, 3.8) is 0 Å². The molecule has 0 saturated carbocycles. The van der Waals surface area contributed by atoms with E-state index in [2.05, 4.69) is 15.9 Å². The second kappa shape index (κ2) is 6.83. The molecule has 1 atom stereocenters. The lowest BCUT2D eigenvalue weighted by Crippen LogP contribution is -2.03. The largest absolute Gasteiger partial charge is 0.495 e. The van der Waals surface area contributed by atoms with E-state index in [1.165, 1.54) is 0 Å². The Balaban J connectivity index is 3.03. The molecule has 17 heavy (non-hydrogen) atoms. The maximum atomic E-state index is 10.00. The van der Waals surface area contributed by atoms with E-state index in [4.69, 9.17) is 14.6 Å². The van der Waals surface area contributed by atoms with Crippen molar-refractivity contribution in [2.45, 2.75) is 18.9 Å². The quantitative estimate of drug-likeness (QED) is 0.846. The molecule has 0 bridgehead atoms. The van der Waals surface area contributed by atoms with E-state index in [-0.39, 0.29) is 6.61 Å². The lowest BCUT2D eigenvalue weighted by Gasteiger charge is -2.17. The molecule has 0 radical (unpaired) electrons. The van der Waals surface area contributed by atoms with Gasteiger partial charge in [0.15, 0.2) is 0 Å². The van der Waals surface area contributed by atoms with Crippen LogP contribution in [0.3, 0.4) is 0 Å². The van der Waals surface area contributed by atoms with Crippen molar-refractivity contribution in [2.75, 3.05) is 20.8 Å². The summed E-state index contributed by atoms with van der Waals surface area (Å²) in [5.74, 6) is 1.22. The third-order valence-electron chi connectivity index (χ3n) is 2.51. The summed E-state index contributed by atoms with van der Waals surface area (Å²) in [6, 6.07) is 3.54. The van der Waals surface area contributed by atoms with Gasteiger partial charge in [-0.3, -0.25) is 0 Å². The highest BCUT2D eigenvalue weighted by Gasteiger charge is 2.18. The summed E-state index contributed by atoms with van der Waals surface area (Å²) in [7, 11) is 3.11. The van der Waals surface area contributed by atoms with Crippen molar-refractivity contribution in [3.05, 3.63) is 22.2 Å². The van der Waals surface area contributed by atoms with Gasteiger partial charge in [-0.15, -0.1) is 0 Å². The maximum absolute atomic E-state index is 10.00. The van der Waals surface area contributed by atoms with Crippen LogP contribution in [0.25, 0.3) is 0 Å². The van der Waals surface area contributed by atoms with E-state index in [9.17, 15) is 5.11 Å². The molecule has 0 spiro atoms. The molecule has 0 aliphatic carbocycles. The first-order chi connectivity index (χ1) is 8.15. The highest BCUT2D eigenvalue weighted by Crippen LogP contribution is 2.40. The van der Waals surface area contributed by atoms with Gasteiger partial charge in [0.1, 0.15) is 16.0 Å².